The van der Waals surface area contributed by atoms with Gasteiger partial charge in [0.25, 0.3) is 5.78 Å². The van der Waals surface area contributed by atoms with Crippen molar-refractivity contribution in [3.8, 4) is 11.1 Å². The van der Waals surface area contributed by atoms with E-state index in [1.54, 1.807) is 0 Å². The van der Waals surface area contributed by atoms with E-state index >= 15 is 0 Å². The zero-order valence-corrected chi connectivity index (χ0v) is 15.8. The van der Waals surface area contributed by atoms with E-state index in [0.717, 1.165) is 29.4 Å². The van der Waals surface area contributed by atoms with Crippen molar-refractivity contribution in [3.05, 3.63) is 64.7 Å². The number of rotatable bonds is 7. The standard InChI is InChI=1S/C21H19N3O5/c1-28-18(25)10-17(22)20(26)19(24-23)21(27)29-11-13-6-4-8-15-14-7-3-2-5-12(14)9-16(13)15/h2-8,17H,9-11,22H2,1H3. The summed E-state index contributed by atoms with van der Waals surface area (Å²) in [5.41, 5.74) is 19.0. The molecule has 1 unspecified atom stereocenters. The Kier molecular flexibility index (Phi) is 5.97. The maximum atomic E-state index is 12.3. The van der Waals surface area contributed by atoms with Crippen molar-refractivity contribution in [3.63, 3.8) is 0 Å². The van der Waals surface area contributed by atoms with E-state index in [9.17, 15) is 14.4 Å². The lowest BCUT2D eigenvalue weighted by molar-refractivity contribution is -0.145. The van der Waals surface area contributed by atoms with Crippen LogP contribution in [0.5, 0.6) is 0 Å². The monoisotopic (exact) mass is 393 g/mol. The molecule has 1 atom stereocenters. The number of ether oxygens (including phenoxy) is 2. The predicted molar refractivity (Wildman–Crippen MR) is 103 cm³/mol. The number of carbonyl (C=O) groups excluding carboxylic acids is 3. The lowest BCUT2D eigenvalue weighted by Crippen LogP contribution is -2.42. The summed E-state index contributed by atoms with van der Waals surface area (Å²) in [6, 6.07) is 12.3. The molecular formula is C21H19N3O5. The number of fused-ring (bicyclic) bond motifs is 3. The molecular weight excluding hydrogens is 374 g/mol. The topological polar surface area (TPSA) is 132 Å². The molecule has 2 N–H and O–H groups in total. The highest BCUT2D eigenvalue weighted by molar-refractivity contribution is 6.63. The Morgan fingerprint density at radius 1 is 1.14 bits per heavy atom. The minimum Gasteiger partial charge on any atom is -0.469 e. The van der Waals surface area contributed by atoms with Crippen LogP contribution in [-0.4, -0.2) is 41.4 Å². The van der Waals surface area contributed by atoms with Crippen molar-refractivity contribution in [2.24, 2.45) is 5.73 Å². The molecule has 2 aromatic carbocycles. The third-order valence-corrected chi connectivity index (χ3v) is 4.78. The third-order valence-electron chi connectivity index (χ3n) is 4.78. The van der Waals surface area contributed by atoms with Crippen LogP contribution in [0.25, 0.3) is 16.7 Å². The summed E-state index contributed by atoms with van der Waals surface area (Å²) in [7, 11) is 1.14. The van der Waals surface area contributed by atoms with Gasteiger partial charge in [-0.1, -0.05) is 42.5 Å². The van der Waals surface area contributed by atoms with E-state index in [1.807, 2.05) is 42.5 Å². The number of benzene rings is 2. The highest BCUT2D eigenvalue weighted by atomic mass is 16.5. The van der Waals surface area contributed by atoms with Gasteiger partial charge in [0.05, 0.1) is 19.6 Å². The molecule has 0 radical (unpaired) electrons. The van der Waals surface area contributed by atoms with Crippen LogP contribution in [0.15, 0.2) is 42.5 Å². The molecule has 0 heterocycles. The van der Waals surface area contributed by atoms with Gasteiger partial charge in [0.15, 0.2) is 0 Å². The normalized spacial score (nSPS) is 12.2. The third kappa shape index (κ3) is 4.13. The summed E-state index contributed by atoms with van der Waals surface area (Å²) < 4.78 is 9.62. The second-order valence-electron chi connectivity index (χ2n) is 6.55. The fourth-order valence-corrected chi connectivity index (χ4v) is 3.29. The van der Waals surface area contributed by atoms with Crippen LogP contribution in [0.1, 0.15) is 23.1 Å². The summed E-state index contributed by atoms with van der Waals surface area (Å²) in [6.45, 7) is -0.103. The number of nitrogens with two attached hydrogens (primary N) is 1. The van der Waals surface area contributed by atoms with Crippen LogP contribution < -0.4 is 5.73 Å². The molecule has 3 rings (SSSR count). The Labute approximate surface area is 166 Å². The quantitative estimate of drug-likeness (QED) is 0.212. The molecule has 0 aromatic heterocycles. The minimum atomic E-state index is -1.38. The summed E-state index contributed by atoms with van der Waals surface area (Å²) in [5, 5.41) is 0. The fourth-order valence-electron chi connectivity index (χ4n) is 3.29. The SMILES string of the molecule is COC(=O)CC(N)C(=O)C(=[N+]=[N-])C(=O)OCc1cccc2c1Cc1ccccc1-2. The van der Waals surface area contributed by atoms with Gasteiger partial charge in [-0.3, -0.25) is 9.59 Å². The molecule has 0 aliphatic heterocycles. The van der Waals surface area contributed by atoms with Crippen LogP contribution in [-0.2, 0) is 36.9 Å². The number of carbonyl (C=O) groups is 3. The van der Waals surface area contributed by atoms with Crippen LogP contribution in [0.3, 0.4) is 0 Å². The number of methoxy groups -OCH3 is 1. The second kappa shape index (κ2) is 8.60. The average Bonchev–Trinajstić information content (AvgIpc) is 3.11. The molecule has 8 heteroatoms. The van der Waals surface area contributed by atoms with Crippen molar-refractivity contribution >= 4 is 23.4 Å². The Morgan fingerprint density at radius 3 is 2.59 bits per heavy atom. The second-order valence-corrected chi connectivity index (χ2v) is 6.55. The van der Waals surface area contributed by atoms with Crippen molar-refractivity contribution in [1.82, 2.24) is 0 Å². The number of ketones is 1. The van der Waals surface area contributed by atoms with Crippen LogP contribution >= 0.6 is 0 Å². The maximum absolute atomic E-state index is 12.3. The number of hydrogen-bond acceptors (Lipinski definition) is 6. The molecule has 8 nitrogen and oxygen atoms in total. The van der Waals surface area contributed by atoms with Gasteiger partial charge in [0.2, 0.25) is 0 Å². The van der Waals surface area contributed by atoms with Crippen molar-refractivity contribution in [1.29, 1.82) is 0 Å². The zero-order valence-electron chi connectivity index (χ0n) is 15.8. The number of esters is 2. The number of hydrogen-bond donors (Lipinski definition) is 1. The molecule has 29 heavy (non-hydrogen) atoms. The minimum absolute atomic E-state index is 0.103. The van der Waals surface area contributed by atoms with E-state index in [-0.39, 0.29) is 6.61 Å². The first-order valence-electron chi connectivity index (χ1n) is 8.91. The zero-order chi connectivity index (χ0) is 21.0. The lowest BCUT2D eigenvalue weighted by atomic mass is 10.0. The molecule has 2 aromatic rings. The Morgan fingerprint density at radius 2 is 1.86 bits per heavy atom. The lowest BCUT2D eigenvalue weighted by Gasteiger charge is -2.09. The first-order chi connectivity index (χ1) is 14.0. The van der Waals surface area contributed by atoms with Crippen molar-refractivity contribution < 1.29 is 28.6 Å². The Balaban J connectivity index is 1.71. The largest absolute Gasteiger partial charge is 0.469 e. The number of nitrogens with zero attached hydrogens (tertiary/aromatic N) is 2. The summed E-state index contributed by atoms with van der Waals surface area (Å²) in [5.74, 6) is -2.85. The van der Waals surface area contributed by atoms with Gasteiger partial charge in [-0.25, -0.2) is 4.79 Å². The predicted octanol–water partition coefficient (Wildman–Crippen LogP) is 1.43. The van der Waals surface area contributed by atoms with Gasteiger partial charge in [-0.15, -0.1) is 0 Å². The van der Waals surface area contributed by atoms with Gasteiger partial charge in [-0.2, -0.15) is 4.79 Å². The van der Waals surface area contributed by atoms with Crippen molar-refractivity contribution in [2.45, 2.75) is 25.5 Å². The molecule has 0 spiro atoms. The molecule has 148 valence electrons. The van der Waals surface area contributed by atoms with E-state index in [2.05, 4.69) is 9.53 Å². The van der Waals surface area contributed by atoms with Crippen molar-refractivity contribution in [2.75, 3.05) is 7.11 Å². The van der Waals surface area contributed by atoms with E-state index < -0.39 is 35.9 Å². The summed E-state index contributed by atoms with van der Waals surface area (Å²) >= 11 is 0. The molecule has 0 amide bonds. The van der Waals surface area contributed by atoms with E-state index in [4.69, 9.17) is 16.0 Å². The van der Waals surface area contributed by atoms with Gasteiger partial charge >= 0.3 is 17.7 Å². The molecule has 0 saturated heterocycles. The van der Waals surface area contributed by atoms with Gasteiger partial charge in [0, 0.05) is 0 Å². The molecule has 1 aliphatic rings. The first kappa shape index (κ1) is 20.1. The molecule has 0 fully saturated rings. The van der Waals surface area contributed by atoms with Gasteiger partial charge < -0.3 is 20.7 Å². The molecule has 0 bridgehead atoms. The van der Waals surface area contributed by atoms with Crippen LogP contribution in [0.4, 0.5) is 0 Å². The fraction of sp³-hybridized carbons (Fsp3) is 0.238. The Bertz CT molecular complexity index is 1040. The summed E-state index contributed by atoms with van der Waals surface area (Å²) in [6.07, 6.45) is 0.259. The summed E-state index contributed by atoms with van der Waals surface area (Å²) in [4.78, 5) is 38.4. The van der Waals surface area contributed by atoms with E-state index in [0.29, 0.717) is 6.42 Å². The maximum Gasteiger partial charge on any atom is 0.443 e. The smallest absolute Gasteiger partial charge is 0.443 e. The Hall–Kier alpha value is -3.61. The molecule has 1 aliphatic carbocycles. The first-order valence-corrected chi connectivity index (χ1v) is 8.91. The average molecular weight is 393 g/mol. The molecule has 0 saturated carbocycles. The van der Waals surface area contributed by atoms with Gasteiger partial charge in [0.1, 0.15) is 6.61 Å². The van der Waals surface area contributed by atoms with Crippen LogP contribution in [0, 0.1) is 0 Å². The highest BCUT2D eigenvalue weighted by Crippen LogP contribution is 2.38. The number of Topliss-reactive ketones (excluding diaryl/α,β-unsaturated/α-hetero) is 1. The van der Waals surface area contributed by atoms with E-state index in [1.165, 1.54) is 5.56 Å². The van der Waals surface area contributed by atoms with Crippen LogP contribution in [0.2, 0.25) is 0 Å². The van der Waals surface area contributed by atoms with Gasteiger partial charge in [-0.05, 0) is 34.2 Å². The highest BCUT2D eigenvalue weighted by Gasteiger charge is 2.36.